The van der Waals surface area contributed by atoms with Crippen LogP contribution in [-0.4, -0.2) is 17.0 Å². The zero-order chi connectivity index (χ0) is 12.4. The van der Waals surface area contributed by atoms with Gasteiger partial charge in [-0.15, -0.1) is 0 Å². The van der Waals surface area contributed by atoms with Gasteiger partial charge in [0.25, 0.3) is 5.91 Å². The van der Waals surface area contributed by atoms with Crippen molar-refractivity contribution in [3.63, 3.8) is 0 Å². The Bertz CT molecular complexity index is 586. The van der Waals surface area contributed by atoms with Crippen LogP contribution in [0, 0.1) is 0 Å². The Labute approximate surface area is 105 Å². The van der Waals surface area contributed by atoms with Crippen LogP contribution >= 0.6 is 11.6 Å². The number of fused-ring (bicyclic) bond motifs is 1. The third kappa shape index (κ3) is 2.34. The van der Waals surface area contributed by atoms with Gasteiger partial charge in [0.15, 0.2) is 0 Å². The Morgan fingerprint density at radius 1 is 1.47 bits per heavy atom. The minimum Gasteiger partial charge on any atom is -0.350 e. The maximum absolute atomic E-state index is 12.0. The summed E-state index contributed by atoms with van der Waals surface area (Å²) in [5.41, 5.74) is 1.68. The van der Waals surface area contributed by atoms with Crippen LogP contribution in [0.25, 0.3) is 10.9 Å². The first kappa shape index (κ1) is 11.7. The van der Waals surface area contributed by atoms with Crippen LogP contribution in [-0.2, 0) is 7.05 Å². The summed E-state index contributed by atoms with van der Waals surface area (Å²) in [6.45, 7) is 3.82. The van der Waals surface area contributed by atoms with Crippen molar-refractivity contribution in [2.75, 3.05) is 6.54 Å². The fourth-order valence-corrected chi connectivity index (χ4v) is 1.86. The number of amides is 1. The summed E-state index contributed by atoms with van der Waals surface area (Å²) in [6, 6.07) is 7.77. The number of carbonyl (C=O) groups is 1. The van der Waals surface area contributed by atoms with Crippen LogP contribution in [0.2, 0.25) is 0 Å². The zero-order valence-electron chi connectivity index (χ0n) is 9.53. The molecule has 3 nitrogen and oxygen atoms in total. The molecule has 0 aliphatic carbocycles. The molecule has 0 bridgehead atoms. The maximum atomic E-state index is 12.0. The lowest BCUT2D eigenvalue weighted by molar-refractivity contribution is 0.0959. The highest BCUT2D eigenvalue weighted by Crippen LogP contribution is 2.20. The number of para-hydroxylation sites is 1. The summed E-state index contributed by atoms with van der Waals surface area (Å²) in [5, 5.41) is 4.07. The highest BCUT2D eigenvalue weighted by atomic mass is 35.5. The molecule has 0 aliphatic rings. The Morgan fingerprint density at radius 2 is 2.18 bits per heavy atom. The molecule has 1 aromatic carbocycles. The lowest BCUT2D eigenvalue weighted by Crippen LogP contribution is -2.24. The summed E-state index contributed by atoms with van der Waals surface area (Å²) in [5.74, 6) is -0.136. The van der Waals surface area contributed by atoms with Gasteiger partial charge in [0.1, 0.15) is 0 Å². The molecular formula is C13H13ClN2O. The van der Waals surface area contributed by atoms with Crippen LogP contribution in [0.1, 0.15) is 10.4 Å². The molecule has 0 aliphatic heterocycles. The van der Waals surface area contributed by atoms with Crippen LogP contribution in [0.4, 0.5) is 0 Å². The molecule has 1 heterocycles. The number of nitrogens with one attached hydrogen (secondary N) is 1. The maximum Gasteiger partial charge on any atom is 0.253 e. The van der Waals surface area contributed by atoms with Gasteiger partial charge in [0.2, 0.25) is 0 Å². The molecule has 1 amide bonds. The average molecular weight is 249 g/mol. The second-order valence-corrected chi connectivity index (χ2v) is 4.41. The highest BCUT2D eigenvalue weighted by Gasteiger charge is 2.12. The Balaban J connectivity index is 2.35. The molecule has 0 radical (unpaired) electrons. The molecule has 0 fully saturated rings. The van der Waals surface area contributed by atoms with Crippen molar-refractivity contribution in [1.29, 1.82) is 0 Å². The fraction of sp³-hybridized carbons (Fsp3) is 0.154. The molecular weight excluding hydrogens is 236 g/mol. The van der Waals surface area contributed by atoms with E-state index in [4.69, 9.17) is 11.6 Å². The number of rotatable bonds is 3. The zero-order valence-corrected chi connectivity index (χ0v) is 10.3. The van der Waals surface area contributed by atoms with E-state index >= 15 is 0 Å². The molecule has 2 aromatic rings. The summed E-state index contributed by atoms with van der Waals surface area (Å²) in [4.78, 5) is 12.0. The standard InChI is InChI=1S/C13H13ClN2O/c1-9(14)7-15-13(17)11-8-16(2)12-6-4-3-5-10(11)12/h3-6,8H,1,7H2,2H3,(H,15,17). The molecule has 1 N–H and O–H groups in total. The fourth-order valence-electron chi connectivity index (χ4n) is 1.79. The number of benzene rings is 1. The number of halogens is 1. The molecule has 0 spiro atoms. The molecule has 1 aromatic heterocycles. The van der Waals surface area contributed by atoms with Gasteiger partial charge in [0, 0.05) is 29.2 Å². The largest absolute Gasteiger partial charge is 0.350 e. The van der Waals surface area contributed by atoms with Gasteiger partial charge < -0.3 is 9.88 Å². The molecule has 0 unspecified atom stereocenters. The smallest absolute Gasteiger partial charge is 0.253 e. The van der Waals surface area contributed by atoms with Crippen LogP contribution in [0.3, 0.4) is 0 Å². The SMILES string of the molecule is C=C(Cl)CNC(=O)c1cn(C)c2ccccc12. The third-order valence-electron chi connectivity index (χ3n) is 2.58. The normalized spacial score (nSPS) is 10.5. The van der Waals surface area contributed by atoms with E-state index < -0.39 is 0 Å². The highest BCUT2D eigenvalue weighted by molar-refractivity contribution is 6.29. The van der Waals surface area contributed by atoms with Gasteiger partial charge in [-0.25, -0.2) is 0 Å². The first-order valence-corrected chi connectivity index (χ1v) is 5.63. The lowest BCUT2D eigenvalue weighted by atomic mass is 10.1. The second kappa shape index (κ2) is 4.63. The monoisotopic (exact) mass is 248 g/mol. The van der Waals surface area contributed by atoms with Crippen LogP contribution < -0.4 is 5.32 Å². The Kier molecular flexibility index (Phi) is 3.20. The van der Waals surface area contributed by atoms with Gasteiger partial charge in [-0.1, -0.05) is 36.4 Å². The van der Waals surface area contributed by atoms with Gasteiger partial charge >= 0.3 is 0 Å². The lowest BCUT2D eigenvalue weighted by Gasteiger charge is -2.02. The summed E-state index contributed by atoms with van der Waals surface area (Å²) in [7, 11) is 1.92. The number of hydrogen-bond donors (Lipinski definition) is 1. The van der Waals surface area contributed by atoms with Gasteiger partial charge in [0.05, 0.1) is 12.1 Å². The first-order valence-electron chi connectivity index (χ1n) is 5.25. The van der Waals surface area contributed by atoms with Gasteiger partial charge in [-0.2, -0.15) is 0 Å². The first-order chi connectivity index (χ1) is 8.09. The van der Waals surface area contributed by atoms with E-state index in [2.05, 4.69) is 11.9 Å². The van der Waals surface area contributed by atoms with Gasteiger partial charge in [-0.05, 0) is 6.07 Å². The van der Waals surface area contributed by atoms with Crippen molar-refractivity contribution in [3.05, 3.63) is 47.6 Å². The van der Waals surface area contributed by atoms with E-state index in [-0.39, 0.29) is 12.5 Å². The molecule has 17 heavy (non-hydrogen) atoms. The predicted molar refractivity (Wildman–Crippen MR) is 70.2 cm³/mol. The number of aromatic nitrogens is 1. The summed E-state index contributed by atoms with van der Waals surface area (Å²) >= 11 is 5.62. The predicted octanol–water partition coefficient (Wildman–Crippen LogP) is 2.66. The topological polar surface area (TPSA) is 34.0 Å². The van der Waals surface area contributed by atoms with Crippen molar-refractivity contribution in [3.8, 4) is 0 Å². The molecule has 2 rings (SSSR count). The number of aryl methyl sites for hydroxylation is 1. The van der Waals surface area contributed by atoms with E-state index in [1.807, 2.05) is 42.1 Å². The Hall–Kier alpha value is -1.74. The van der Waals surface area contributed by atoms with Crippen molar-refractivity contribution in [2.24, 2.45) is 7.05 Å². The van der Waals surface area contributed by atoms with Crippen molar-refractivity contribution < 1.29 is 4.79 Å². The van der Waals surface area contributed by atoms with E-state index in [1.165, 1.54) is 0 Å². The van der Waals surface area contributed by atoms with E-state index in [1.54, 1.807) is 0 Å². The Morgan fingerprint density at radius 3 is 2.88 bits per heavy atom. The van der Waals surface area contributed by atoms with E-state index in [9.17, 15) is 4.79 Å². The van der Waals surface area contributed by atoms with Crippen LogP contribution in [0.5, 0.6) is 0 Å². The molecule has 88 valence electrons. The average Bonchev–Trinajstić information content (AvgIpc) is 2.65. The molecule has 4 heteroatoms. The third-order valence-corrected chi connectivity index (χ3v) is 2.72. The van der Waals surface area contributed by atoms with E-state index in [0.29, 0.717) is 10.6 Å². The van der Waals surface area contributed by atoms with E-state index in [0.717, 1.165) is 10.9 Å². The van der Waals surface area contributed by atoms with Crippen LogP contribution in [0.15, 0.2) is 42.1 Å². The van der Waals surface area contributed by atoms with Crippen molar-refractivity contribution in [1.82, 2.24) is 9.88 Å². The summed E-state index contributed by atoms with van der Waals surface area (Å²) < 4.78 is 1.93. The number of nitrogens with zero attached hydrogens (tertiary/aromatic N) is 1. The quantitative estimate of drug-likeness (QED) is 0.890. The van der Waals surface area contributed by atoms with Gasteiger partial charge in [-0.3, -0.25) is 4.79 Å². The molecule has 0 saturated heterocycles. The van der Waals surface area contributed by atoms with Crippen molar-refractivity contribution in [2.45, 2.75) is 0 Å². The number of hydrogen-bond acceptors (Lipinski definition) is 1. The second-order valence-electron chi connectivity index (χ2n) is 3.87. The molecule has 0 atom stereocenters. The summed E-state index contributed by atoms with van der Waals surface area (Å²) in [6.07, 6.45) is 1.82. The minimum atomic E-state index is -0.136. The van der Waals surface area contributed by atoms with Crippen molar-refractivity contribution >= 4 is 28.4 Å². The number of carbonyl (C=O) groups excluding carboxylic acids is 1. The molecule has 0 saturated carbocycles. The minimum absolute atomic E-state index is 0.136.